The summed E-state index contributed by atoms with van der Waals surface area (Å²) in [5.41, 5.74) is 2.38. The number of ether oxygens (including phenoxy) is 2. The molecule has 0 atom stereocenters. The van der Waals surface area contributed by atoms with Crippen molar-refractivity contribution in [2.75, 3.05) is 43.1 Å². The third kappa shape index (κ3) is 5.18. The fraction of sp³-hybridized carbons (Fsp3) is 0.300. The molecule has 0 aromatic heterocycles. The Labute approximate surface area is 164 Å². The first kappa shape index (κ1) is 19.1. The van der Waals surface area contributed by atoms with Gasteiger partial charge in [-0.2, -0.15) is 0 Å². The minimum absolute atomic E-state index is 0.252. The predicted octanol–water partition coefficient (Wildman–Crippen LogP) is 3.05. The summed E-state index contributed by atoms with van der Waals surface area (Å²) in [5.74, 6) is 0.375. The summed E-state index contributed by atoms with van der Waals surface area (Å²) in [6.07, 6.45) is 0. The van der Waals surface area contributed by atoms with Crippen LogP contribution < -0.4 is 20.3 Å². The summed E-state index contributed by atoms with van der Waals surface area (Å²) in [6, 6.07) is 14.9. The van der Waals surface area contributed by atoms with Crippen LogP contribution in [0.25, 0.3) is 0 Å². The van der Waals surface area contributed by atoms with E-state index in [2.05, 4.69) is 15.5 Å². The molecule has 142 valence electrons. The first-order chi connectivity index (χ1) is 13.2. The zero-order valence-corrected chi connectivity index (χ0v) is 16.1. The van der Waals surface area contributed by atoms with Crippen LogP contribution in [0.4, 0.5) is 11.4 Å². The van der Waals surface area contributed by atoms with Crippen molar-refractivity contribution in [3.05, 3.63) is 54.1 Å². The van der Waals surface area contributed by atoms with E-state index >= 15 is 0 Å². The Hall–Kier alpha value is -2.64. The molecule has 7 heteroatoms. The van der Waals surface area contributed by atoms with E-state index in [9.17, 15) is 4.79 Å². The minimum atomic E-state index is -0.280. The van der Waals surface area contributed by atoms with Crippen LogP contribution in [0.15, 0.2) is 48.5 Å². The average Bonchev–Trinajstić information content (AvgIpc) is 2.69. The molecular formula is C20H23N3O3S. The van der Waals surface area contributed by atoms with E-state index in [-0.39, 0.29) is 11.0 Å². The molecule has 0 bridgehead atoms. The Morgan fingerprint density at radius 1 is 1.19 bits per heavy atom. The highest BCUT2D eigenvalue weighted by molar-refractivity contribution is 7.80. The topological polar surface area (TPSA) is 62.8 Å². The monoisotopic (exact) mass is 385 g/mol. The van der Waals surface area contributed by atoms with Crippen molar-refractivity contribution in [2.24, 2.45) is 0 Å². The molecule has 27 heavy (non-hydrogen) atoms. The van der Waals surface area contributed by atoms with Crippen molar-refractivity contribution < 1.29 is 14.3 Å². The number of anilines is 2. The van der Waals surface area contributed by atoms with Gasteiger partial charge in [0.05, 0.1) is 31.2 Å². The fourth-order valence-corrected chi connectivity index (χ4v) is 3.08. The molecule has 1 fully saturated rings. The highest BCUT2D eigenvalue weighted by atomic mass is 32.1. The first-order valence-corrected chi connectivity index (χ1v) is 9.35. The van der Waals surface area contributed by atoms with Crippen molar-refractivity contribution in [3.63, 3.8) is 0 Å². The molecule has 1 saturated heterocycles. The molecule has 0 radical (unpaired) electrons. The number of carbonyl (C=O) groups is 1. The maximum atomic E-state index is 12.5. The fourth-order valence-electron chi connectivity index (χ4n) is 2.88. The lowest BCUT2D eigenvalue weighted by atomic mass is 10.2. The molecule has 2 N–H and O–H groups in total. The molecule has 0 aliphatic carbocycles. The Bertz CT molecular complexity index is 807. The smallest absolute Gasteiger partial charge is 0.257 e. The van der Waals surface area contributed by atoms with E-state index in [0.717, 1.165) is 24.5 Å². The van der Waals surface area contributed by atoms with Gasteiger partial charge in [-0.1, -0.05) is 18.2 Å². The van der Waals surface area contributed by atoms with E-state index in [1.54, 1.807) is 18.2 Å². The minimum Gasteiger partial charge on any atom is -0.494 e. The highest BCUT2D eigenvalue weighted by Crippen LogP contribution is 2.26. The summed E-state index contributed by atoms with van der Waals surface area (Å²) in [7, 11) is 0. The van der Waals surface area contributed by atoms with Crippen molar-refractivity contribution in [2.45, 2.75) is 6.92 Å². The summed E-state index contributed by atoms with van der Waals surface area (Å²) >= 11 is 5.34. The molecular weight excluding hydrogens is 362 g/mol. The number of morpholine rings is 1. The zero-order valence-electron chi connectivity index (χ0n) is 15.2. The van der Waals surface area contributed by atoms with E-state index in [1.165, 1.54) is 0 Å². The predicted molar refractivity (Wildman–Crippen MR) is 111 cm³/mol. The first-order valence-electron chi connectivity index (χ1n) is 8.94. The van der Waals surface area contributed by atoms with Crippen LogP contribution >= 0.6 is 12.2 Å². The van der Waals surface area contributed by atoms with Gasteiger partial charge in [-0.25, -0.2) is 0 Å². The number of para-hydroxylation sites is 2. The van der Waals surface area contributed by atoms with Gasteiger partial charge < -0.3 is 19.7 Å². The van der Waals surface area contributed by atoms with Gasteiger partial charge >= 0.3 is 0 Å². The second-order valence-electron chi connectivity index (χ2n) is 5.99. The van der Waals surface area contributed by atoms with Gasteiger partial charge in [0, 0.05) is 18.7 Å². The van der Waals surface area contributed by atoms with E-state index < -0.39 is 0 Å². The second-order valence-corrected chi connectivity index (χ2v) is 6.39. The van der Waals surface area contributed by atoms with E-state index in [1.807, 2.05) is 37.3 Å². The SMILES string of the molecule is CCOc1cccc(C(=O)NC(=S)Nc2ccccc2N2CCOCC2)c1. The van der Waals surface area contributed by atoms with Crippen LogP contribution in [0.3, 0.4) is 0 Å². The lowest BCUT2D eigenvalue weighted by Crippen LogP contribution is -2.38. The number of hydrogen-bond acceptors (Lipinski definition) is 5. The number of carbonyl (C=O) groups excluding carboxylic acids is 1. The van der Waals surface area contributed by atoms with Gasteiger partial charge in [0.2, 0.25) is 0 Å². The molecule has 1 heterocycles. The molecule has 2 aromatic carbocycles. The van der Waals surface area contributed by atoms with E-state index in [0.29, 0.717) is 31.1 Å². The number of amides is 1. The van der Waals surface area contributed by atoms with Crippen LogP contribution in [0.1, 0.15) is 17.3 Å². The standard InChI is InChI=1S/C20H23N3O3S/c1-2-26-16-7-5-6-15(14-16)19(24)22-20(27)21-17-8-3-4-9-18(17)23-10-12-25-13-11-23/h3-9,14H,2,10-13H2,1H3,(H2,21,22,24,27). The van der Waals surface area contributed by atoms with Crippen LogP contribution in [0.5, 0.6) is 5.75 Å². The largest absolute Gasteiger partial charge is 0.494 e. The van der Waals surface area contributed by atoms with E-state index in [4.69, 9.17) is 21.7 Å². The Morgan fingerprint density at radius 3 is 2.74 bits per heavy atom. The van der Waals surface area contributed by atoms with Crippen LogP contribution in [0, 0.1) is 0 Å². The van der Waals surface area contributed by atoms with Crippen LogP contribution in [-0.2, 0) is 4.74 Å². The molecule has 1 aliphatic heterocycles. The van der Waals surface area contributed by atoms with Crippen LogP contribution in [0.2, 0.25) is 0 Å². The zero-order chi connectivity index (χ0) is 19.1. The van der Waals surface area contributed by atoms with Crippen molar-refractivity contribution in [1.29, 1.82) is 0 Å². The van der Waals surface area contributed by atoms with Crippen molar-refractivity contribution >= 4 is 34.6 Å². The maximum Gasteiger partial charge on any atom is 0.257 e. The average molecular weight is 385 g/mol. The number of nitrogens with one attached hydrogen (secondary N) is 2. The van der Waals surface area contributed by atoms with Gasteiger partial charge in [0.1, 0.15) is 5.75 Å². The third-order valence-electron chi connectivity index (χ3n) is 4.14. The molecule has 1 aliphatic rings. The normalized spacial score (nSPS) is 13.7. The highest BCUT2D eigenvalue weighted by Gasteiger charge is 2.16. The van der Waals surface area contributed by atoms with Gasteiger partial charge in [-0.3, -0.25) is 10.1 Å². The summed E-state index contributed by atoms with van der Waals surface area (Å²) in [4.78, 5) is 14.7. The third-order valence-corrected chi connectivity index (χ3v) is 4.34. The Morgan fingerprint density at radius 2 is 1.96 bits per heavy atom. The number of hydrogen-bond donors (Lipinski definition) is 2. The molecule has 6 nitrogen and oxygen atoms in total. The number of thiocarbonyl (C=S) groups is 1. The lowest BCUT2D eigenvalue weighted by Gasteiger charge is -2.30. The summed E-state index contributed by atoms with van der Waals surface area (Å²) < 4.78 is 10.9. The number of nitrogens with zero attached hydrogens (tertiary/aromatic N) is 1. The molecule has 2 aromatic rings. The van der Waals surface area contributed by atoms with Crippen LogP contribution in [-0.4, -0.2) is 43.9 Å². The Kier molecular flexibility index (Phi) is 6.62. The molecule has 3 rings (SSSR count). The quantitative estimate of drug-likeness (QED) is 0.772. The molecule has 1 amide bonds. The lowest BCUT2D eigenvalue weighted by molar-refractivity contribution is 0.0977. The maximum absolute atomic E-state index is 12.5. The van der Waals surface area contributed by atoms with Crippen molar-refractivity contribution in [3.8, 4) is 5.75 Å². The number of rotatable bonds is 5. The molecule has 0 saturated carbocycles. The summed E-state index contributed by atoms with van der Waals surface area (Å²) in [5, 5.41) is 6.11. The Balaban J connectivity index is 1.66. The van der Waals surface area contributed by atoms with Gasteiger partial charge in [0.25, 0.3) is 5.91 Å². The molecule has 0 spiro atoms. The van der Waals surface area contributed by atoms with Crippen molar-refractivity contribution in [1.82, 2.24) is 5.32 Å². The van der Waals surface area contributed by atoms with Gasteiger partial charge in [-0.15, -0.1) is 0 Å². The second kappa shape index (κ2) is 9.34. The number of benzene rings is 2. The van der Waals surface area contributed by atoms with Gasteiger partial charge in [0.15, 0.2) is 5.11 Å². The van der Waals surface area contributed by atoms with Gasteiger partial charge in [-0.05, 0) is 49.5 Å². The molecule has 0 unspecified atom stereocenters. The summed E-state index contributed by atoms with van der Waals surface area (Å²) in [6.45, 7) is 5.49.